The molecule has 7 heteroatoms. The Morgan fingerprint density at radius 3 is 2.86 bits per heavy atom. The Hall–Kier alpha value is -2.09. The van der Waals surface area contributed by atoms with E-state index in [1.54, 1.807) is 17.4 Å². The Kier molecular flexibility index (Phi) is 4.96. The largest absolute Gasteiger partial charge is 0.312 e. The van der Waals surface area contributed by atoms with Gasteiger partial charge in [0.1, 0.15) is 17.5 Å². The van der Waals surface area contributed by atoms with Gasteiger partial charge in [0.25, 0.3) is 0 Å². The van der Waals surface area contributed by atoms with Gasteiger partial charge in [-0.2, -0.15) is 0 Å². The number of nitrogens with zero attached hydrogens (tertiary/aromatic N) is 4. The second-order valence-electron chi connectivity index (χ2n) is 7.64. The van der Waals surface area contributed by atoms with Gasteiger partial charge in [-0.15, -0.1) is 21.5 Å². The van der Waals surface area contributed by atoms with Gasteiger partial charge in [-0.05, 0) is 55.1 Å². The average molecular weight is 398 g/mol. The highest BCUT2D eigenvalue weighted by Gasteiger charge is 2.27. The van der Waals surface area contributed by atoms with E-state index in [4.69, 9.17) is 0 Å². The van der Waals surface area contributed by atoms with E-state index in [1.807, 2.05) is 29.6 Å². The van der Waals surface area contributed by atoms with Gasteiger partial charge in [0.2, 0.25) is 0 Å². The van der Waals surface area contributed by atoms with E-state index in [-0.39, 0.29) is 5.82 Å². The summed E-state index contributed by atoms with van der Waals surface area (Å²) in [6.07, 6.45) is 2.20. The second kappa shape index (κ2) is 7.73. The summed E-state index contributed by atoms with van der Waals surface area (Å²) in [6.45, 7) is 5.73. The number of hydrogen-bond donors (Lipinski definition) is 1. The minimum atomic E-state index is -0.143. The number of fused-ring (bicyclic) bond motifs is 1. The van der Waals surface area contributed by atoms with E-state index in [9.17, 15) is 4.39 Å². The van der Waals surface area contributed by atoms with Crippen LogP contribution in [-0.2, 0) is 19.6 Å². The summed E-state index contributed by atoms with van der Waals surface area (Å²) in [4.78, 5) is 3.46. The van der Waals surface area contributed by atoms with Gasteiger partial charge in [0, 0.05) is 36.0 Å². The zero-order valence-electron chi connectivity index (χ0n) is 15.8. The first-order valence-corrected chi connectivity index (χ1v) is 10.8. The predicted molar refractivity (Wildman–Crippen MR) is 109 cm³/mol. The van der Waals surface area contributed by atoms with Crippen molar-refractivity contribution >= 4 is 11.3 Å². The van der Waals surface area contributed by atoms with Crippen LogP contribution in [0.2, 0.25) is 0 Å². The lowest BCUT2D eigenvalue weighted by molar-refractivity contribution is 0.199. The third-order valence-electron chi connectivity index (χ3n) is 5.83. The average Bonchev–Trinajstić information content (AvgIpc) is 3.40. The Bertz CT molecular complexity index is 944. The Labute approximate surface area is 168 Å². The van der Waals surface area contributed by atoms with Gasteiger partial charge in [-0.1, -0.05) is 12.1 Å². The van der Waals surface area contributed by atoms with Crippen molar-refractivity contribution in [3.05, 3.63) is 58.7 Å². The molecule has 146 valence electrons. The molecule has 0 atom stereocenters. The van der Waals surface area contributed by atoms with Crippen LogP contribution in [0.1, 0.15) is 36.0 Å². The first kappa shape index (κ1) is 18.0. The SMILES string of the molecule is Fc1ccc(CN2CCC(c3nnc4n3CCNC4)CC2)cc1-c1cccs1. The van der Waals surface area contributed by atoms with Gasteiger partial charge >= 0.3 is 0 Å². The van der Waals surface area contributed by atoms with Crippen molar-refractivity contribution in [2.75, 3.05) is 19.6 Å². The van der Waals surface area contributed by atoms with Crippen LogP contribution in [0.5, 0.6) is 0 Å². The number of rotatable bonds is 4. The van der Waals surface area contributed by atoms with Crippen LogP contribution in [0.3, 0.4) is 0 Å². The Balaban J connectivity index is 1.24. The molecule has 2 aromatic heterocycles. The Morgan fingerprint density at radius 1 is 1.14 bits per heavy atom. The highest BCUT2D eigenvalue weighted by atomic mass is 32.1. The number of thiophene rings is 1. The van der Waals surface area contributed by atoms with Gasteiger partial charge in [-0.25, -0.2) is 4.39 Å². The van der Waals surface area contributed by atoms with Crippen LogP contribution >= 0.6 is 11.3 Å². The molecular formula is C21H24FN5S. The van der Waals surface area contributed by atoms with E-state index < -0.39 is 0 Å². The fourth-order valence-electron chi connectivity index (χ4n) is 4.32. The van der Waals surface area contributed by atoms with Gasteiger partial charge in [0.15, 0.2) is 0 Å². The summed E-state index contributed by atoms with van der Waals surface area (Å²) in [7, 11) is 0. The predicted octanol–water partition coefficient (Wildman–Crippen LogP) is 3.63. The smallest absolute Gasteiger partial charge is 0.147 e. The normalized spacial score (nSPS) is 18.3. The lowest BCUT2D eigenvalue weighted by atomic mass is 9.95. The molecule has 0 saturated carbocycles. The molecule has 0 aliphatic carbocycles. The van der Waals surface area contributed by atoms with Crippen LogP contribution in [0.4, 0.5) is 4.39 Å². The van der Waals surface area contributed by atoms with E-state index in [0.29, 0.717) is 11.5 Å². The summed E-state index contributed by atoms with van der Waals surface area (Å²) < 4.78 is 16.5. The van der Waals surface area contributed by atoms with Crippen LogP contribution in [0.15, 0.2) is 35.7 Å². The fourth-order valence-corrected chi connectivity index (χ4v) is 5.06. The quantitative estimate of drug-likeness (QED) is 0.730. The van der Waals surface area contributed by atoms with Crippen LogP contribution in [0.25, 0.3) is 10.4 Å². The molecule has 2 aliphatic heterocycles. The van der Waals surface area contributed by atoms with E-state index in [0.717, 1.165) is 68.6 Å². The van der Waals surface area contributed by atoms with Crippen LogP contribution in [-0.4, -0.2) is 39.3 Å². The zero-order chi connectivity index (χ0) is 18.9. The lowest BCUT2D eigenvalue weighted by Gasteiger charge is -2.32. The van der Waals surface area contributed by atoms with E-state index >= 15 is 0 Å². The standard InChI is InChI=1S/C21H24FN5S/c22-18-4-3-15(12-17(18)19-2-1-11-28-19)14-26-8-5-16(6-9-26)21-25-24-20-13-23-7-10-27(20)21/h1-4,11-12,16,23H,5-10,13-14H2. The molecule has 5 rings (SSSR count). The fraction of sp³-hybridized carbons (Fsp3) is 0.429. The maximum atomic E-state index is 14.2. The maximum Gasteiger partial charge on any atom is 0.147 e. The van der Waals surface area contributed by atoms with Gasteiger partial charge in [0.05, 0.1) is 6.54 Å². The molecule has 28 heavy (non-hydrogen) atoms. The molecule has 1 saturated heterocycles. The van der Waals surface area contributed by atoms with Crippen molar-refractivity contribution in [3.8, 4) is 10.4 Å². The highest BCUT2D eigenvalue weighted by Crippen LogP contribution is 2.31. The first-order chi connectivity index (χ1) is 13.8. The third kappa shape index (κ3) is 3.50. The summed E-state index contributed by atoms with van der Waals surface area (Å²) in [5.41, 5.74) is 1.89. The van der Waals surface area contributed by atoms with Gasteiger partial charge < -0.3 is 9.88 Å². The topological polar surface area (TPSA) is 46.0 Å². The first-order valence-electron chi connectivity index (χ1n) is 9.95. The summed E-state index contributed by atoms with van der Waals surface area (Å²) in [5, 5.41) is 14.2. The number of halogens is 1. The molecule has 5 nitrogen and oxygen atoms in total. The molecule has 1 N–H and O–H groups in total. The monoisotopic (exact) mass is 397 g/mol. The minimum absolute atomic E-state index is 0.143. The van der Waals surface area contributed by atoms with Crippen LogP contribution in [0, 0.1) is 5.82 Å². The number of piperidine rings is 1. The highest BCUT2D eigenvalue weighted by molar-refractivity contribution is 7.13. The zero-order valence-corrected chi connectivity index (χ0v) is 16.6. The van der Waals surface area contributed by atoms with Crippen molar-refractivity contribution in [3.63, 3.8) is 0 Å². The molecule has 1 fully saturated rings. The molecule has 3 aromatic rings. The number of aromatic nitrogens is 3. The van der Waals surface area contributed by atoms with E-state index in [2.05, 4.69) is 25.0 Å². The number of likely N-dealkylation sites (tertiary alicyclic amines) is 1. The van der Waals surface area contributed by atoms with Crippen molar-refractivity contribution in [2.45, 2.75) is 38.4 Å². The van der Waals surface area contributed by atoms with Gasteiger partial charge in [-0.3, -0.25) is 4.90 Å². The molecule has 1 aromatic carbocycles. The molecule has 0 spiro atoms. The molecule has 2 aliphatic rings. The molecule has 0 radical (unpaired) electrons. The van der Waals surface area contributed by atoms with Crippen LogP contribution < -0.4 is 5.32 Å². The molecule has 4 heterocycles. The van der Waals surface area contributed by atoms with E-state index in [1.165, 1.54) is 5.56 Å². The lowest BCUT2D eigenvalue weighted by Crippen LogP contribution is -2.34. The Morgan fingerprint density at radius 2 is 2.04 bits per heavy atom. The van der Waals surface area contributed by atoms with Crippen molar-refractivity contribution in [1.29, 1.82) is 0 Å². The molecule has 0 bridgehead atoms. The van der Waals surface area contributed by atoms with Crippen molar-refractivity contribution in [1.82, 2.24) is 25.0 Å². The molecule has 0 amide bonds. The molecular weight excluding hydrogens is 373 g/mol. The molecule has 0 unspecified atom stereocenters. The number of benzene rings is 1. The maximum absolute atomic E-state index is 14.2. The second-order valence-corrected chi connectivity index (χ2v) is 8.59. The number of nitrogens with one attached hydrogen (secondary N) is 1. The summed E-state index contributed by atoms with van der Waals surface area (Å²) in [6, 6.07) is 9.48. The number of hydrogen-bond acceptors (Lipinski definition) is 5. The summed E-state index contributed by atoms with van der Waals surface area (Å²) >= 11 is 1.58. The summed E-state index contributed by atoms with van der Waals surface area (Å²) in [5.74, 6) is 2.58. The minimum Gasteiger partial charge on any atom is -0.312 e. The van der Waals surface area contributed by atoms with Crippen molar-refractivity contribution in [2.24, 2.45) is 0 Å². The van der Waals surface area contributed by atoms with Crippen molar-refractivity contribution < 1.29 is 4.39 Å². The third-order valence-corrected chi connectivity index (χ3v) is 6.73.